The lowest BCUT2D eigenvalue weighted by Gasteiger charge is -2.48. The van der Waals surface area contributed by atoms with Crippen molar-refractivity contribution in [3.05, 3.63) is 34.0 Å². The second-order valence-electron chi connectivity index (χ2n) is 8.03. The molecule has 2 aromatic heterocycles. The molecule has 0 saturated carbocycles. The van der Waals surface area contributed by atoms with Crippen LogP contribution < -0.4 is 0 Å². The van der Waals surface area contributed by atoms with Crippen LogP contribution in [0.5, 0.6) is 0 Å². The zero-order valence-electron chi connectivity index (χ0n) is 16.4. The second kappa shape index (κ2) is 7.72. The van der Waals surface area contributed by atoms with Gasteiger partial charge < -0.3 is 4.90 Å². The molecule has 0 bridgehead atoms. The minimum absolute atomic E-state index is 0.140. The number of hydrogen-bond acceptors (Lipinski definition) is 5. The molecule has 2 saturated heterocycles. The van der Waals surface area contributed by atoms with Crippen molar-refractivity contribution in [2.45, 2.75) is 52.6 Å². The van der Waals surface area contributed by atoms with E-state index < -0.39 is 0 Å². The second-order valence-corrected chi connectivity index (χ2v) is 9.10. The maximum atomic E-state index is 13.1. The molecule has 2 fully saturated rings. The fourth-order valence-corrected chi connectivity index (χ4v) is 5.40. The normalized spacial score (nSPS) is 23.9. The van der Waals surface area contributed by atoms with E-state index in [9.17, 15) is 4.79 Å². The van der Waals surface area contributed by atoms with Crippen molar-refractivity contribution in [1.29, 1.82) is 0 Å². The van der Waals surface area contributed by atoms with Gasteiger partial charge in [-0.15, -0.1) is 11.3 Å². The predicted octanol–water partition coefficient (Wildman–Crippen LogP) is 3.19. The Bertz CT molecular complexity index is 796. The standard InChI is InChI=1S/C20H29N5OS/c1-3-25-18(6-9-21-25)19(26)24-11-5-8-20(15-24)7-4-10-23(14-20)12-17-13-27-16(2)22-17/h6,9,13H,3-5,7-8,10-12,14-15H2,1-2H3. The highest BCUT2D eigenvalue weighted by Crippen LogP contribution is 2.39. The molecule has 2 aromatic rings. The molecule has 1 spiro atoms. The molecule has 0 aromatic carbocycles. The molecule has 1 amide bonds. The number of rotatable bonds is 4. The van der Waals surface area contributed by atoms with Crippen LogP contribution in [0.3, 0.4) is 0 Å². The summed E-state index contributed by atoms with van der Waals surface area (Å²) in [6.45, 7) is 9.69. The third kappa shape index (κ3) is 3.94. The number of aryl methyl sites for hydroxylation is 2. The van der Waals surface area contributed by atoms with Gasteiger partial charge in [0.15, 0.2) is 0 Å². The highest BCUT2D eigenvalue weighted by atomic mass is 32.1. The molecule has 0 N–H and O–H groups in total. The maximum absolute atomic E-state index is 13.1. The molecule has 7 heteroatoms. The van der Waals surface area contributed by atoms with Gasteiger partial charge in [-0.2, -0.15) is 5.10 Å². The molecule has 6 nitrogen and oxygen atoms in total. The molecule has 27 heavy (non-hydrogen) atoms. The van der Waals surface area contributed by atoms with Crippen molar-refractivity contribution >= 4 is 17.2 Å². The van der Waals surface area contributed by atoms with Crippen LogP contribution >= 0.6 is 11.3 Å². The topological polar surface area (TPSA) is 54.3 Å². The number of likely N-dealkylation sites (tertiary alicyclic amines) is 2. The van der Waals surface area contributed by atoms with E-state index in [4.69, 9.17) is 0 Å². The lowest BCUT2D eigenvalue weighted by molar-refractivity contribution is 0.0105. The molecule has 2 aliphatic rings. The predicted molar refractivity (Wildman–Crippen MR) is 107 cm³/mol. The Morgan fingerprint density at radius 2 is 2.07 bits per heavy atom. The first-order valence-electron chi connectivity index (χ1n) is 10.0. The summed E-state index contributed by atoms with van der Waals surface area (Å²) in [6, 6.07) is 1.85. The lowest BCUT2D eigenvalue weighted by Crippen LogP contribution is -2.53. The lowest BCUT2D eigenvalue weighted by atomic mass is 9.73. The summed E-state index contributed by atoms with van der Waals surface area (Å²) in [7, 11) is 0. The van der Waals surface area contributed by atoms with Crippen molar-refractivity contribution < 1.29 is 4.79 Å². The number of amides is 1. The highest BCUT2D eigenvalue weighted by molar-refractivity contribution is 7.09. The molecule has 146 valence electrons. The van der Waals surface area contributed by atoms with Gasteiger partial charge in [0.05, 0.1) is 10.7 Å². The zero-order valence-corrected chi connectivity index (χ0v) is 17.2. The molecule has 0 aliphatic carbocycles. The van der Waals surface area contributed by atoms with E-state index in [0.29, 0.717) is 0 Å². The first kappa shape index (κ1) is 18.6. The Morgan fingerprint density at radius 1 is 1.26 bits per heavy atom. The van der Waals surface area contributed by atoms with Crippen LogP contribution in [-0.2, 0) is 13.1 Å². The number of thiazole rings is 1. The van der Waals surface area contributed by atoms with Gasteiger partial charge in [0, 0.05) is 49.7 Å². The molecule has 0 radical (unpaired) electrons. The number of aromatic nitrogens is 3. The van der Waals surface area contributed by atoms with Crippen molar-refractivity contribution in [2.24, 2.45) is 5.41 Å². The highest BCUT2D eigenvalue weighted by Gasteiger charge is 2.41. The van der Waals surface area contributed by atoms with Gasteiger partial charge >= 0.3 is 0 Å². The molecule has 2 aliphatic heterocycles. The molecular formula is C20H29N5OS. The summed E-state index contributed by atoms with van der Waals surface area (Å²) in [4.78, 5) is 22.3. The van der Waals surface area contributed by atoms with Crippen molar-refractivity contribution in [3.63, 3.8) is 0 Å². The van der Waals surface area contributed by atoms with Crippen molar-refractivity contribution in [2.75, 3.05) is 26.2 Å². The summed E-state index contributed by atoms with van der Waals surface area (Å²) in [6.07, 6.45) is 6.47. The van der Waals surface area contributed by atoms with Gasteiger partial charge in [0.25, 0.3) is 5.91 Å². The van der Waals surface area contributed by atoms with E-state index in [-0.39, 0.29) is 11.3 Å². The number of piperidine rings is 2. The summed E-state index contributed by atoms with van der Waals surface area (Å²) >= 11 is 1.73. The van der Waals surface area contributed by atoms with Gasteiger partial charge in [-0.3, -0.25) is 14.4 Å². The number of carbonyl (C=O) groups excluding carboxylic acids is 1. The van der Waals surface area contributed by atoms with E-state index in [1.165, 1.54) is 25.0 Å². The van der Waals surface area contributed by atoms with E-state index in [1.807, 2.05) is 13.0 Å². The summed E-state index contributed by atoms with van der Waals surface area (Å²) in [5.41, 5.74) is 2.14. The Labute approximate surface area is 165 Å². The molecule has 4 heterocycles. The van der Waals surface area contributed by atoms with Crippen molar-refractivity contribution in [3.8, 4) is 0 Å². The third-order valence-electron chi connectivity index (χ3n) is 5.98. The van der Waals surface area contributed by atoms with Gasteiger partial charge in [-0.1, -0.05) is 0 Å². The monoisotopic (exact) mass is 387 g/mol. The van der Waals surface area contributed by atoms with Gasteiger partial charge in [0.1, 0.15) is 5.69 Å². The van der Waals surface area contributed by atoms with Gasteiger partial charge in [-0.25, -0.2) is 4.98 Å². The fraction of sp³-hybridized carbons (Fsp3) is 0.650. The zero-order chi connectivity index (χ0) is 18.9. The minimum Gasteiger partial charge on any atom is -0.337 e. The number of nitrogens with zero attached hydrogens (tertiary/aromatic N) is 5. The van der Waals surface area contributed by atoms with Gasteiger partial charge in [-0.05, 0) is 52.1 Å². The van der Waals surface area contributed by atoms with Crippen LogP contribution in [0.2, 0.25) is 0 Å². The van der Waals surface area contributed by atoms with E-state index >= 15 is 0 Å². The molecule has 1 unspecified atom stereocenters. The van der Waals surface area contributed by atoms with Crippen molar-refractivity contribution in [1.82, 2.24) is 24.6 Å². The quantitative estimate of drug-likeness (QED) is 0.808. The van der Waals surface area contributed by atoms with Crippen LogP contribution in [0.15, 0.2) is 17.6 Å². The summed E-state index contributed by atoms with van der Waals surface area (Å²) in [5.74, 6) is 0.140. The average Bonchev–Trinajstić information content (AvgIpc) is 3.30. The Balaban J connectivity index is 1.45. The van der Waals surface area contributed by atoms with E-state index in [2.05, 4.69) is 32.2 Å². The summed E-state index contributed by atoms with van der Waals surface area (Å²) in [5, 5.41) is 7.59. The largest absolute Gasteiger partial charge is 0.337 e. The van der Waals surface area contributed by atoms with E-state index in [0.717, 1.165) is 56.4 Å². The van der Waals surface area contributed by atoms with Crippen LogP contribution in [0.4, 0.5) is 0 Å². The number of carbonyl (C=O) groups is 1. The van der Waals surface area contributed by atoms with Crippen LogP contribution in [0.1, 0.15) is 53.8 Å². The minimum atomic E-state index is 0.140. The Morgan fingerprint density at radius 3 is 2.81 bits per heavy atom. The van der Waals surface area contributed by atoms with Crippen LogP contribution in [-0.4, -0.2) is 56.7 Å². The third-order valence-corrected chi connectivity index (χ3v) is 6.80. The number of hydrogen-bond donors (Lipinski definition) is 0. The molecule has 1 atom stereocenters. The fourth-order valence-electron chi connectivity index (χ4n) is 4.80. The molecular weight excluding hydrogens is 358 g/mol. The van der Waals surface area contributed by atoms with E-state index in [1.54, 1.807) is 22.2 Å². The molecule has 4 rings (SSSR count). The smallest absolute Gasteiger partial charge is 0.272 e. The van der Waals surface area contributed by atoms with Gasteiger partial charge in [0.2, 0.25) is 0 Å². The Kier molecular flexibility index (Phi) is 5.32. The summed E-state index contributed by atoms with van der Waals surface area (Å²) < 4.78 is 1.81. The van der Waals surface area contributed by atoms with Crippen LogP contribution in [0, 0.1) is 12.3 Å². The SMILES string of the molecule is CCn1nccc1C(=O)N1CCCC2(CCCN(Cc3csc(C)n3)C2)C1. The van der Waals surface area contributed by atoms with Crippen LogP contribution in [0.25, 0.3) is 0 Å². The average molecular weight is 388 g/mol. The Hall–Kier alpha value is -1.73. The maximum Gasteiger partial charge on any atom is 0.272 e. The first-order chi connectivity index (χ1) is 13.1. The first-order valence-corrected chi connectivity index (χ1v) is 10.9.